The zero-order valence-corrected chi connectivity index (χ0v) is 22.7. The molecule has 0 aliphatic carbocycles. The number of amides is 1. The van der Waals surface area contributed by atoms with Gasteiger partial charge in [-0.3, -0.25) is 4.79 Å². The van der Waals surface area contributed by atoms with Gasteiger partial charge in [0.25, 0.3) is 0 Å². The maximum atomic E-state index is 12.5. The first-order valence-electron chi connectivity index (χ1n) is 12.5. The number of benzene rings is 2. The second-order valence-corrected chi connectivity index (χ2v) is 9.48. The van der Waals surface area contributed by atoms with Crippen molar-refractivity contribution in [1.82, 2.24) is 9.99 Å². The van der Waals surface area contributed by atoms with E-state index in [1.165, 1.54) is 11.4 Å². The largest absolute Gasteiger partial charge is 0.490 e. The summed E-state index contributed by atoms with van der Waals surface area (Å²) < 4.78 is 19.6. The lowest BCUT2D eigenvalue weighted by Gasteiger charge is -2.17. The molecule has 0 fully saturated rings. The van der Waals surface area contributed by atoms with Crippen molar-refractivity contribution in [3.8, 4) is 17.2 Å². The number of hydrogen-bond acceptors (Lipinski definition) is 6. The second-order valence-electron chi connectivity index (χ2n) is 9.48. The van der Waals surface area contributed by atoms with Gasteiger partial charge >= 0.3 is 5.91 Å². The molecule has 2 aromatic heterocycles. The zero-order chi connectivity index (χ0) is 27.2. The maximum absolute atomic E-state index is 12.5. The number of nitrogens with zero attached hydrogens (tertiary/aromatic N) is 3. The highest BCUT2D eigenvalue weighted by Gasteiger charge is 2.12. The van der Waals surface area contributed by atoms with Gasteiger partial charge in [-0.2, -0.15) is 5.10 Å². The van der Waals surface area contributed by atoms with Gasteiger partial charge < -0.3 is 23.4 Å². The number of anilines is 1. The van der Waals surface area contributed by atoms with Crippen LogP contribution in [0.2, 0.25) is 0 Å². The number of nitrogens with one attached hydrogen (secondary N) is 1. The molecule has 8 nitrogen and oxygen atoms in total. The van der Waals surface area contributed by atoms with Crippen molar-refractivity contribution in [1.29, 1.82) is 0 Å². The summed E-state index contributed by atoms with van der Waals surface area (Å²) in [5.41, 5.74) is 7.70. The van der Waals surface area contributed by atoms with Gasteiger partial charge in [-0.15, -0.1) is 0 Å². The lowest BCUT2D eigenvalue weighted by Crippen LogP contribution is -2.17. The Hall–Kier alpha value is -4.46. The van der Waals surface area contributed by atoms with Gasteiger partial charge in [0, 0.05) is 48.5 Å². The number of aromatic nitrogens is 1. The van der Waals surface area contributed by atoms with Crippen molar-refractivity contribution in [2.75, 3.05) is 19.0 Å². The SMILES string of the molecule is Cc1ccc(C)n1-c1ccc(OCc2ccc(C(=O)N/N=C/c3ccc(N(C)C)cc3OC(C)C)o2)cc1. The monoisotopic (exact) mass is 514 g/mol. The Bertz CT molecular complexity index is 1400. The quantitative estimate of drug-likeness (QED) is 0.211. The molecule has 2 aromatic carbocycles. The number of furan rings is 1. The van der Waals surface area contributed by atoms with Gasteiger partial charge in [-0.05, 0) is 88.4 Å². The summed E-state index contributed by atoms with van der Waals surface area (Å²) in [5.74, 6) is 1.63. The molecular weight excluding hydrogens is 480 g/mol. The van der Waals surface area contributed by atoms with Crippen LogP contribution in [-0.2, 0) is 6.61 Å². The molecule has 4 aromatic rings. The van der Waals surface area contributed by atoms with E-state index in [4.69, 9.17) is 13.9 Å². The van der Waals surface area contributed by atoms with E-state index < -0.39 is 5.91 Å². The van der Waals surface area contributed by atoms with E-state index in [1.807, 2.05) is 75.3 Å². The Kier molecular flexibility index (Phi) is 8.21. The van der Waals surface area contributed by atoms with E-state index in [0.717, 1.165) is 16.9 Å². The molecule has 0 saturated heterocycles. The number of hydrazone groups is 1. The number of rotatable bonds is 10. The molecule has 1 amide bonds. The highest BCUT2D eigenvalue weighted by molar-refractivity contribution is 5.93. The first-order valence-corrected chi connectivity index (χ1v) is 12.5. The molecule has 38 heavy (non-hydrogen) atoms. The van der Waals surface area contributed by atoms with Gasteiger partial charge in [-0.25, -0.2) is 5.43 Å². The number of carbonyl (C=O) groups excluding carboxylic acids is 1. The van der Waals surface area contributed by atoms with Crippen LogP contribution in [0.4, 0.5) is 5.69 Å². The van der Waals surface area contributed by atoms with Crippen LogP contribution in [0.15, 0.2) is 76.2 Å². The molecule has 0 aliphatic heterocycles. The smallest absolute Gasteiger partial charge is 0.307 e. The lowest BCUT2D eigenvalue weighted by molar-refractivity contribution is 0.0923. The molecule has 0 bridgehead atoms. The number of ether oxygens (including phenoxy) is 2. The van der Waals surface area contributed by atoms with Gasteiger partial charge in [0.05, 0.1) is 12.3 Å². The Morgan fingerprint density at radius 3 is 2.39 bits per heavy atom. The Morgan fingerprint density at radius 2 is 1.74 bits per heavy atom. The molecular formula is C30H34N4O4. The fraction of sp³-hybridized carbons (Fsp3) is 0.267. The summed E-state index contributed by atoms with van der Waals surface area (Å²) in [6, 6.07) is 21.2. The molecule has 4 rings (SSSR count). The summed E-state index contributed by atoms with van der Waals surface area (Å²) in [5, 5.41) is 4.09. The van der Waals surface area contributed by atoms with E-state index in [-0.39, 0.29) is 18.5 Å². The van der Waals surface area contributed by atoms with Crippen molar-refractivity contribution in [2.24, 2.45) is 5.10 Å². The summed E-state index contributed by atoms with van der Waals surface area (Å²) >= 11 is 0. The molecule has 0 unspecified atom stereocenters. The van der Waals surface area contributed by atoms with Crippen molar-refractivity contribution in [3.05, 3.63) is 95.2 Å². The minimum Gasteiger partial charge on any atom is -0.490 e. The van der Waals surface area contributed by atoms with Crippen LogP contribution in [0.1, 0.15) is 47.1 Å². The predicted molar refractivity (Wildman–Crippen MR) is 150 cm³/mol. The molecule has 198 valence electrons. The van der Waals surface area contributed by atoms with Gasteiger partial charge in [0.1, 0.15) is 23.9 Å². The highest BCUT2D eigenvalue weighted by Crippen LogP contribution is 2.25. The molecule has 2 heterocycles. The first kappa shape index (κ1) is 26.6. The summed E-state index contributed by atoms with van der Waals surface area (Å²) in [6.07, 6.45) is 1.56. The number of hydrogen-bond donors (Lipinski definition) is 1. The Morgan fingerprint density at radius 1 is 1.03 bits per heavy atom. The third-order valence-corrected chi connectivity index (χ3v) is 5.88. The van der Waals surface area contributed by atoms with E-state index in [1.54, 1.807) is 18.3 Å². The van der Waals surface area contributed by atoms with Crippen molar-refractivity contribution < 1.29 is 18.7 Å². The zero-order valence-electron chi connectivity index (χ0n) is 22.7. The molecule has 0 saturated carbocycles. The van der Waals surface area contributed by atoms with Crippen molar-refractivity contribution in [3.63, 3.8) is 0 Å². The third kappa shape index (κ3) is 6.45. The van der Waals surface area contributed by atoms with E-state index in [2.05, 4.69) is 41.1 Å². The molecule has 0 atom stereocenters. The van der Waals surface area contributed by atoms with Crippen LogP contribution < -0.4 is 19.8 Å². The highest BCUT2D eigenvalue weighted by atomic mass is 16.5. The van der Waals surface area contributed by atoms with Crippen LogP contribution >= 0.6 is 0 Å². The normalized spacial score (nSPS) is 11.2. The maximum Gasteiger partial charge on any atom is 0.307 e. The van der Waals surface area contributed by atoms with Gasteiger partial charge in [0.15, 0.2) is 5.76 Å². The summed E-state index contributed by atoms with van der Waals surface area (Å²) in [6.45, 7) is 8.28. The van der Waals surface area contributed by atoms with E-state index >= 15 is 0 Å². The topological polar surface area (TPSA) is 81.2 Å². The molecule has 8 heteroatoms. The van der Waals surface area contributed by atoms with E-state index in [9.17, 15) is 4.79 Å². The summed E-state index contributed by atoms with van der Waals surface area (Å²) in [7, 11) is 3.93. The Balaban J connectivity index is 1.34. The molecule has 1 N–H and O–H groups in total. The van der Waals surface area contributed by atoms with E-state index in [0.29, 0.717) is 17.3 Å². The average molecular weight is 515 g/mol. The Labute approximate surface area is 223 Å². The van der Waals surface area contributed by atoms with Crippen LogP contribution in [0.3, 0.4) is 0 Å². The minimum atomic E-state index is -0.453. The first-order chi connectivity index (χ1) is 18.2. The molecule has 0 aliphatic rings. The standard InChI is InChI=1S/C30H34N4O4/c1-20(2)37-29-17-25(33(5)6)10-9-23(29)18-31-32-30(35)28-16-15-27(38-28)19-36-26-13-11-24(12-14-26)34-21(3)7-8-22(34)4/h7-18,20H,19H2,1-6H3,(H,32,35)/b31-18+. The fourth-order valence-corrected chi connectivity index (χ4v) is 3.98. The minimum absolute atomic E-state index is 0.00336. The fourth-order valence-electron chi connectivity index (χ4n) is 3.98. The molecule has 0 radical (unpaired) electrons. The lowest BCUT2D eigenvalue weighted by atomic mass is 10.2. The van der Waals surface area contributed by atoms with Crippen LogP contribution in [-0.4, -0.2) is 36.9 Å². The second kappa shape index (κ2) is 11.7. The molecule has 0 spiro atoms. The van der Waals surface area contributed by atoms with Gasteiger partial charge in [-0.1, -0.05) is 0 Å². The summed E-state index contributed by atoms with van der Waals surface area (Å²) in [4.78, 5) is 14.5. The van der Waals surface area contributed by atoms with Crippen LogP contribution in [0.25, 0.3) is 5.69 Å². The van der Waals surface area contributed by atoms with Crippen LogP contribution in [0.5, 0.6) is 11.5 Å². The van der Waals surface area contributed by atoms with Crippen LogP contribution in [0, 0.1) is 13.8 Å². The third-order valence-electron chi connectivity index (χ3n) is 5.88. The average Bonchev–Trinajstić information content (AvgIpc) is 3.49. The predicted octanol–water partition coefficient (Wildman–Crippen LogP) is 5.88. The van der Waals surface area contributed by atoms with Crippen molar-refractivity contribution >= 4 is 17.8 Å². The number of aryl methyl sites for hydroxylation is 2. The number of carbonyl (C=O) groups is 1. The van der Waals surface area contributed by atoms with Crippen molar-refractivity contribution in [2.45, 2.75) is 40.4 Å². The van der Waals surface area contributed by atoms with Gasteiger partial charge in [0.2, 0.25) is 0 Å².